The Morgan fingerprint density at radius 2 is 2.21 bits per heavy atom. The smallest absolute Gasteiger partial charge is 0.102 e. The van der Waals surface area contributed by atoms with Gasteiger partial charge >= 0.3 is 0 Å². The number of halogens is 1. The summed E-state index contributed by atoms with van der Waals surface area (Å²) in [5.74, 6) is 0. The Labute approximate surface area is 86.8 Å². The quantitative estimate of drug-likeness (QED) is 0.658. The van der Waals surface area contributed by atoms with Gasteiger partial charge in [-0.05, 0) is 18.6 Å². The van der Waals surface area contributed by atoms with E-state index in [1.54, 1.807) is 0 Å². The van der Waals surface area contributed by atoms with Gasteiger partial charge in [0, 0.05) is 11.6 Å². The molecule has 3 heteroatoms. The Hall–Kier alpha value is -1.59. The minimum atomic E-state index is 0.425. The van der Waals surface area contributed by atoms with Gasteiger partial charge < -0.3 is 0 Å². The lowest BCUT2D eigenvalue weighted by molar-refractivity contribution is 1.36. The molecule has 0 atom stereocenters. The zero-order valence-corrected chi connectivity index (χ0v) is 8.34. The topological polar surface area (TPSA) is 36.7 Å². The molecule has 0 saturated heterocycles. The van der Waals surface area contributed by atoms with Crippen LogP contribution in [-0.4, -0.2) is 4.98 Å². The summed E-state index contributed by atoms with van der Waals surface area (Å²) in [5.41, 5.74) is 2.29. The van der Waals surface area contributed by atoms with Gasteiger partial charge in [-0.15, -0.1) is 0 Å². The summed E-state index contributed by atoms with van der Waals surface area (Å²) in [6.45, 7) is 1.96. The van der Waals surface area contributed by atoms with Crippen LogP contribution in [0.5, 0.6) is 0 Å². The van der Waals surface area contributed by atoms with E-state index in [2.05, 4.69) is 4.98 Å². The first-order valence-corrected chi connectivity index (χ1v) is 4.56. The van der Waals surface area contributed by atoms with E-state index in [4.69, 9.17) is 16.9 Å². The zero-order chi connectivity index (χ0) is 10.1. The van der Waals surface area contributed by atoms with Crippen LogP contribution in [0, 0.1) is 18.3 Å². The fourth-order valence-electron chi connectivity index (χ4n) is 1.45. The monoisotopic (exact) mass is 202 g/mol. The number of aryl methyl sites for hydroxylation is 1. The molecule has 2 nitrogen and oxygen atoms in total. The van der Waals surface area contributed by atoms with Crippen LogP contribution in [0.2, 0.25) is 5.02 Å². The third kappa shape index (κ3) is 1.23. The molecular formula is C11H7ClN2. The number of fused-ring (bicyclic) bond motifs is 1. The summed E-state index contributed by atoms with van der Waals surface area (Å²) >= 11 is 6.08. The van der Waals surface area contributed by atoms with E-state index in [0.29, 0.717) is 10.6 Å². The standard InChI is InChI=1S/C11H7ClN2/c1-7-3-2-4-9-10(7)11(12)8(5-13)6-14-9/h2-4,6H,1H3. The van der Waals surface area contributed by atoms with Crippen molar-refractivity contribution < 1.29 is 0 Å². The second kappa shape index (κ2) is 3.28. The van der Waals surface area contributed by atoms with Crippen molar-refractivity contribution in [1.29, 1.82) is 5.26 Å². The van der Waals surface area contributed by atoms with Crippen LogP contribution >= 0.6 is 11.6 Å². The first kappa shape index (κ1) is 8.98. The predicted molar refractivity (Wildman–Crippen MR) is 56.2 cm³/mol. The highest BCUT2D eigenvalue weighted by molar-refractivity contribution is 6.36. The van der Waals surface area contributed by atoms with Gasteiger partial charge in [0.25, 0.3) is 0 Å². The molecule has 0 unspecified atom stereocenters. The van der Waals surface area contributed by atoms with Gasteiger partial charge in [0.2, 0.25) is 0 Å². The molecule has 0 N–H and O–H groups in total. The summed E-state index contributed by atoms with van der Waals surface area (Å²) < 4.78 is 0. The van der Waals surface area contributed by atoms with Crippen molar-refractivity contribution >= 4 is 22.5 Å². The van der Waals surface area contributed by atoms with Crippen molar-refractivity contribution in [1.82, 2.24) is 4.98 Å². The third-order valence-corrected chi connectivity index (χ3v) is 2.55. The molecule has 1 aromatic carbocycles. The Bertz CT molecular complexity index is 541. The first-order valence-electron chi connectivity index (χ1n) is 4.18. The Morgan fingerprint density at radius 3 is 2.93 bits per heavy atom. The fourth-order valence-corrected chi connectivity index (χ4v) is 1.79. The number of pyridine rings is 1. The summed E-state index contributed by atoms with van der Waals surface area (Å²) in [7, 11) is 0. The molecule has 1 aromatic heterocycles. The molecule has 0 saturated carbocycles. The molecule has 0 radical (unpaired) electrons. The molecule has 2 rings (SSSR count). The Morgan fingerprint density at radius 1 is 1.43 bits per heavy atom. The van der Waals surface area contributed by atoms with Crippen LogP contribution in [0.1, 0.15) is 11.1 Å². The highest BCUT2D eigenvalue weighted by Gasteiger charge is 2.07. The van der Waals surface area contributed by atoms with E-state index in [1.807, 2.05) is 31.2 Å². The zero-order valence-electron chi connectivity index (χ0n) is 7.58. The first-order chi connectivity index (χ1) is 6.74. The molecule has 14 heavy (non-hydrogen) atoms. The van der Waals surface area contributed by atoms with Crippen LogP contribution in [0.4, 0.5) is 0 Å². The average molecular weight is 203 g/mol. The second-order valence-electron chi connectivity index (χ2n) is 3.07. The van der Waals surface area contributed by atoms with Crippen molar-refractivity contribution in [3.8, 4) is 6.07 Å². The van der Waals surface area contributed by atoms with E-state index >= 15 is 0 Å². The van der Waals surface area contributed by atoms with Crippen LogP contribution < -0.4 is 0 Å². The van der Waals surface area contributed by atoms with E-state index in [0.717, 1.165) is 16.5 Å². The van der Waals surface area contributed by atoms with Gasteiger partial charge in [0.05, 0.1) is 16.1 Å². The maximum Gasteiger partial charge on any atom is 0.102 e. The largest absolute Gasteiger partial charge is 0.255 e. The molecule has 0 aliphatic carbocycles. The van der Waals surface area contributed by atoms with Gasteiger partial charge in [-0.3, -0.25) is 4.98 Å². The van der Waals surface area contributed by atoms with Crippen LogP contribution in [0.15, 0.2) is 24.4 Å². The highest BCUT2D eigenvalue weighted by Crippen LogP contribution is 2.27. The molecular weight excluding hydrogens is 196 g/mol. The maximum absolute atomic E-state index is 8.79. The lowest BCUT2D eigenvalue weighted by Gasteiger charge is -2.03. The Kier molecular flexibility index (Phi) is 2.11. The maximum atomic E-state index is 8.79. The Balaban J connectivity index is 2.95. The van der Waals surface area contributed by atoms with Gasteiger partial charge in [-0.25, -0.2) is 0 Å². The summed E-state index contributed by atoms with van der Waals surface area (Å²) in [5, 5.41) is 10.2. The number of aromatic nitrogens is 1. The molecule has 68 valence electrons. The summed E-state index contributed by atoms with van der Waals surface area (Å²) in [6.07, 6.45) is 1.50. The normalized spacial score (nSPS) is 10.1. The summed E-state index contributed by atoms with van der Waals surface area (Å²) in [6, 6.07) is 7.78. The molecule has 1 heterocycles. The van der Waals surface area contributed by atoms with Gasteiger partial charge in [0.1, 0.15) is 6.07 Å². The van der Waals surface area contributed by atoms with Gasteiger partial charge in [-0.1, -0.05) is 23.7 Å². The third-order valence-electron chi connectivity index (χ3n) is 2.16. The van der Waals surface area contributed by atoms with Crippen LogP contribution in [-0.2, 0) is 0 Å². The van der Waals surface area contributed by atoms with Gasteiger partial charge in [-0.2, -0.15) is 5.26 Å². The molecule has 0 aliphatic rings. The van der Waals surface area contributed by atoms with Crippen molar-refractivity contribution in [2.45, 2.75) is 6.92 Å². The van der Waals surface area contributed by atoms with Crippen molar-refractivity contribution in [3.63, 3.8) is 0 Å². The number of nitriles is 1. The molecule has 0 bridgehead atoms. The number of hydrogen-bond donors (Lipinski definition) is 0. The number of hydrogen-bond acceptors (Lipinski definition) is 2. The van der Waals surface area contributed by atoms with Crippen molar-refractivity contribution in [2.75, 3.05) is 0 Å². The number of nitrogens with zero attached hydrogens (tertiary/aromatic N) is 2. The van der Waals surface area contributed by atoms with Crippen LogP contribution in [0.25, 0.3) is 10.9 Å². The number of benzene rings is 1. The average Bonchev–Trinajstić information content (AvgIpc) is 2.18. The minimum Gasteiger partial charge on any atom is -0.255 e. The molecule has 0 spiro atoms. The van der Waals surface area contributed by atoms with E-state index in [-0.39, 0.29) is 0 Å². The summed E-state index contributed by atoms with van der Waals surface area (Å²) in [4.78, 5) is 4.17. The highest BCUT2D eigenvalue weighted by atomic mass is 35.5. The second-order valence-corrected chi connectivity index (χ2v) is 3.44. The van der Waals surface area contributed by atoms with E-state index in [9.17, 15) is 0 Å². The van der Waals surface area contributed by atoms with Gasteiger partial charge in [0.15, 0.2) is 0 Å². The molecule has 0 aliphatic heterocycles. The van der Waals surface area contributed by atoms with Crippen molar-refractivity contribution in [3.05, 3.63) is 40.5 Å². The predicted octanol–water partition coefficient (Wildman–Crippen LogP) is 3.07. The van der Waals surface area contributed by atoms with Crippen LogP contribution in [0.3, 0.4) is 0 Å². The number of rotatable bonds is 0. The molecule has 0 amide bonds. The van der Waals surface area contributed by atoms with E-state index in [1.165, 1.54) is 6.20 Å². The van der Waals surface area contributed by atoms with Crippen molar-refractivity contribution in [2.24, 2.45) is 0 Å². The fraction of sp³-hybridized carbons (Fsp3) is 0.0909. The van der Waals surface area contributed by atoms with E-state index < -0.39 is 0 Å². The lowest BCUT2D eigenvalue weighted by Crippen LogP contribution is -1.87. The minimum absolute atomic E-state index is 0.425. The molecule has 2 aromatic rings. The molecule has 0 fully saturated rings. The SMILES string of the molecule is Cc1cccc2ncc(C#N)c(Cl)c12. The lowest BCUT2D eigenvalue weighted by atomic mass is 10.1.